The molecule has 0 aliphatic rings. The molecule has 0 spiro atoms. The second-order valence-electron chi connectivity index (χ2n) is 3.61. The van der Waals surface area contributed by atoms with Crippen molar-refractivity contribution in [3.05, 3.63) is 23.3 Å². The minimum atomic E-state index is -0.117. The molecule has 0 unspecified atom stereocenters. The maximum atomic E-state index is 5.57. The molecule has 17 heavy (non-hydrogen) atoms. The number of benzene rings is 1. The van der Waals surface area contributed by atoms with E-state index < -0.39 is 0 Å². The van der Waals surface area contributed by atoms with Crippen LogP contribution in [0.3, 0.4) is 0 Å². The summed E-state index contributed by atoms with van der Waals surface area (Å²) < 4.78 is 5.20. The van der Waals surface area contributed by atoms with Gasteiger partial charge in [0.25, 0.3) is 0 Å². The summed E-state index contributed by atoms with van der Waals surface area (Å²) in [6.45, 7) is 3.83. The molecule has 0 bridgehead atoms. The molecule has 0 atom stereocenters. The molecule has 0 aliphatic carbocycles. The van der Waals surface area contributed by atoms with Crippen molar-refractivity contribution in [2.45, 2.75) is 13.8 Å². The molecule has 0 saturated carbocycles. The maximum absolute atomic E-state index is 5.57. The Balaban J connectivity index is 3.16. The number of nitrogens with two attached hydrogens (primary N) is 3. The first-order valence-corrected chi connectivity index (χ1v) is 5.03. The van der Waals surface area contributed by atoms with Crippen LogP contribution < -0.4 is 21.9 Å². The molecule has 0 aromatic heterocycles. The standard InChI is InChI=1S/C11H17N5O/c1-6-5-9(17-3)7(2)4-8(6)15-11(14)16-10(12)13/h4-5H,1-3H3,(H6,12,13,14,15,16). The molecule has 0 amide bonds. The summed E-state index contributed by atoms with van der Waals surface area (Å²) in [6.07, 6.45) is 0. The fourth-order valence-electron chi connectivity index (χ4n) is 1.40. The van der Waals surface area contributed by atoms with E-state index in [1.165, 1.54) is 0 Å². The number of hydrogen-bond acceptors (Lipinski definition) is 2. The fourth-order valence-corrected chi connectivity index (χ4v) is 1.40. The van der Waals surface area contributed by atoms with Crippen molar-refractivity contribution in [2.24, 2.45) is 27.2 Å². The predicted molar refractivity (Wildman–Crippen MR) is 69.6 cm³/mol. The Kier molecular flexibility index (Phi) is 3.92. The van der Waals surface area contributed by atoms with Crippen LogP contribution >= 0.6 is 0 Å². The van der Waals surface area contributed by atoms with E-state index in [0.29, 0.717) is 5.69 Å². The highest BCUT2D eigenvalue weighted by atomic mass is 16.5. The Labute approximate surface area is 100 Å². The Morgan fingerprint density at radius 2 is 1.76 bits per heavy atom. The molecule has 0 aliphatic heterocycles. The highest BCUT2D eigenvalue weighted by molar-refractivity contribution is 5.93. The smallest absolute Gasteiger partial charge is 0.223 e. The number of nitrogens with zero attached hydrogens (tertiary/aromatic N) is 2. The van der Waals surface area contributed by atoms with E-state index in [4.69, 9.17) is 21.9 Å². The van der Waals surface area contributed by atoms with Crippen LogP contribution in [-0.2, 0) is 0 Å². The summed E-state index contributed by atoms with van der Waals surface area (Å²) in [5, 5.41) is 0. The van der Waals surface area contributed by atoms with Gasteiger partial charge < -0.3 is 21.9 Å². The monoisotopic (exact) mass is 235 g/mol. The van der Waals surface area contributed by atoms with Crippen molar-refractivity contribution in [1.29, 1.82) is 0 Å². The highest BCUT2D eigenvalue weighted by Crippen LogP contribution is 2.27. The SMILES string of the molecule is COc1cc(C)c(N=C(N)N=C(N)N)cc1C. The number of aliphatic imine (C=N–C) groups is 2. The second-order valence-corrected chi connectivity index (χ2v) is 3.61. The van der Waals surface area contributed by atoms with E-state index in [1.807, 2.05) is 26.0 Å². The van der Waals surface area contributed by atoms with Crippen molar-refractivity contribution in [2.75, 3.05) is 7.11 Å². The largest absolute Gasteiger partial charge is 0.496 e. The molecular formula is C11H17N5O. The minimum Gasteiger partial charge on any atom is -0.496 e. The van der Waals surface area contributed by atoms with Crippen molar-refractivity contribution in [1.82, 2.24) is 0 Å². The minimum absolute atomic E-state index is 0.0256. The van der Waals surface area contributed by atoms with Gasteiger partial charge >= 0.3 is 0 Å². The number of methoxy groups -OCH3 is 1. The number of aryl methyl sites for hydroxylation is 2. The maximum Gasteiger partial charge on any atom is 0.223 e. The third-order valence-corrected chi connectivity index (χ3v) is 2.19. The number of rotatable bonds is 2. The second kappa shape index (κ2) is 5.20. The predicted octanol–water partition coefficient (Wildman–Crippen LogP) is 0.532. The lowest BCUT2D eigenvalue weighted by molar-refractivity contribution is 0.411. The lowest BCUT2D eigenvalue weighted by Crippen LogP contribution is -2.26. The van der Waals surface area contributed by atoms with E-state index in [9.17, 15) is 0 Å². The third kappa shape index (κ3) is 3.37. The number of ether oxygens (including phenoxy) is 1. The number of guanidine groups is 2. The van der Waals surface area contributed by atoms with Gasteiger partial charge in [0.15, 0.2) is 5.96 Å². The Morgan fingerprint density at radius 1 is 1.12 bits per heavy atom. The van der Waals surface area contributed by atoms with Crippen LogP contribution in [0.25, 0.3) is 0 Å². The average Bonchev–Trinajstić information content (AvgIpc) is 2.21. The highest BCUT2D eigenvalue weighted by Gasteiger charge is 2.04. The van der Waals surface area contributed by atoms with Crippen molar-refractivity contribution >= 4 is 17.6 Å². The van der Waals surface area contributed by atoms with Crippen LogP contribution in [0.4, 0.5) is 5.69 Å². The molecule has 6 nitrogen and oxygen atoms in total. The molecular weight excluding hydrogens is 218 g/mol. The molecule has 0 fully saturated rings. The topological polar surface area (TPSA) is 112 Å². The Bertz CT molecular complexity index is 475. The Morgan fingerprint density at radius 3 is 2.29 bits per heavy atom. The first-order valence-electron chi connectivity index (χ1n) is 5.03. The van der Waals surface area contributed by atoms with Crippen LogP contribution in [0.15, 0.2) is 22.1 Å². The zero-order valence-corrected chi connectivity index (χ0v) is 10.2. The molecule has 6 heteroatoms. The normalized spacial score (nSPS) is 11.1. The van der Waals surface area contributed by atoms with Crippen LogP contribution in [0.2, 0.25) is 0 Å². The van der Waals surface area contributed by atoms with E-state index in [-0.39, 0.29) is 11.9 Å². The first-order chi connectivity index (χ1) is 7.93. The molecule has 0 heterocycles. The molecule has 1 aromatic carbocycles. The van der Waals surface area contributed by atoms with Gasteiger partial charge in [0, 0.05) is 0 Å². The molecule has 0 saturated heterocycles. The van der Waals surface area contributed by atoms with Gasteiger partial charge in [-0.15, -0.1) is 0 Å². The zero-order chi connectivity index (χ0) is 13.0. The third-order valence-electron chi connectivity index (χ3n) is 2.19. The number of hydrogen-bond donors (Lipinski definition) is 3. The van der Waals surface area contributed by atoms with Gasteiger partial charge in [-0.1, -0.05) is 0 Å². The van der Waals surface area contributed by atoms with Crippen LogP contribution in [0.5, 0.6) is 5.75 Å². The molecule has 92 valence electrons. The van der Waals surface area contributed by atoms with E-state index >= 15 is 0 Å². The molecule has 6 N–H and O–H groups in total. The van der Waals surface area contributed by atoms with Gasteiger partial charge in [0.05, 0.1) is 12.8 Å². The Hall–Kier alpha value is -2.24. The quantitative estimate of drug-likeness (QED) is 0.512. The van der Waals surface area contributed by atoms with E-state index in [1.54, 1.807) is 7.11 Å². The van der Waals surface area contributed by atoms with Crippen molar-refractivity contribution in [3.8, 4) is 5.75 Å². The van der Waals surface area contributed by atoms with Crippen LogP contribution in [-0.4, -0.2) is 19.0 Å². The summed E-state index contributed by atoms with van der Waals surface area (Å²) in [7, 11) is 1.62. The lowest BCUT2D eigenvalue weighted by atomic mass is 10.1. The average molecular weight is 235 g/mol. The summed E-state index contributed by atoms with van der Waals surface area (Å²) in [6, 6.07) is 3.75. The van der Waals surface area contributed by atoms with Crippen molar-refractivity contribution in [3.63, 3.8) is 0 Å². The van der Waals surface area contributed by atoms with E-state index in [2.05, 4.69) is 9.98 Å². The summed E-state index contributed by atoms with van der Waals surface area (Å²) in [4.78, 5) is 7.78. The summed E-state index contributed by atoms with van der Waals surface area (Å²) >= 11 is 0. The zero-order valence-electron chi connectivity index (χ0n) is 10.2. The van der Waals surface area contributed by atoms with Gasteiger partial charge in [-0.2, -0.15) is 4.99 Å². The summed E-state index contributed by atoms with van der Waals surface area (Å²) in [5.41, 5.74) is 18.6. The van der Waals surface area contributed by atoms with Gasteiger partial charge in [-0.05, 0) is 37.1 Å². The summed E-state index contributed by atoms with van der Waals surface area (Å²) in [5.74, 6) is 0.716. The molecule has 1 rings (SSSR count). The van der Waals surface area contributed by atoms with E-state index in [0.717, 1.165) is 16.9 Å². The van der Waals surface area contributed by atoms with Crippen molar-refractivity contribution < 1.29 is 4.74 Å². The lowest BCUT2D eigenvalue weighted by Gasteiger charge is -2.08. The first kappa shape index (κ1) is 12.8. The molecule has 1 aromatic rings. The van der Waals surface area contributed by atoms with Gasteiger partial charge in [-0.25, -0.2) is 4.99 Å². The van der Waals surface area contributed by atoms with Crippen LogP contribution in [0, 0.1) is 13.8 Å². The van der Waals surface area contributed by atoms with Gasteiger partial charge in [0.1, 0.15) is 5.75 Å². The van der Waals surface area contributed by atoms with Gasteiger partial charge in [0.2, 0.25) is 5.96 Å². The van der Waals surface area contributed by atoms with Crippen LogP contribution in [0.1, 0.15) is 11.1 Å². The fraction of sp³-hybridized carbons (Fsp3) is 0.273. The van der Waals surface area contributed by atoms with Gasteiger partial charge in [-0.3, -0.25) is 0 Å². The molecule has 0 radical (unpaired) electrons.